The number of piperidine rings is 1. The lowest BCUT2D eigenvalue weighted by Gasteiger charge is -2.35. The van der Waals surface area contributed by atoms with Crippen LogP contribution in [0.25, 0.3) is 0 Å². The highest BCUT2D eigenvalue weighted by atomic mass is 35.5. The lowest BCUT2D eigenvalue weighted by Crippen LogP contribution is -2.54. The van der Waals surface area contributed by atoms with E-state index in [9.17, 15) is 4.79 Å². The predicted octanol–water partition coefficient (Wildman–Crippen LogP) is 0.954. The largest absolute Gasteiger partial charge is 0.378 e. The number of nitrogens with zero attached hydrogens (tertiary/aromatic N) is 3. The third kappa shape index (κ3) is 4.84. The summed E-state index contributed by atoms with van der Waals surface area (Å²) in [5.74, 6) is 0.816. The number of ether oxygens (including phenoxy) is 1. The summed E-state index contributed by atoms with van der Waals surface area (Å²) in [5.41, 5.74) is 0. The van der Waals surface area contributed by atoms with Gasteiger partial charge in [-0.25, -0.2) is 0 Å². The van der Waals surface area contributed by atoms with Crippen molar-refractivity contribution in [3.05, 3.63) is 18.5 Å². The minimum atomic E-state index is -0.147. The van der Waals surface area contributed by atoms with Crippen molar-refractivity contribution in [2.45, 2.75) is 25.4 Å². The van der Waals surface area contributed by atoms with Crippen LogP contribution in [0.2, 0.25) is 0 Å². The second kappa shape index (κ2) is 9.35. The summed E-state index contributed by atoms with van der Waals surface area (Å²) in [4.78, 5) is 14.3. The molecule has 1 N–H and O–H groups in total. The van der Waals surface area contributed by atoms with E-state index in [-0.39, 0.29) is 36.8 Å². The zero-order valence-electron chi connectivity index (χ0n) is 12.5. The third-order valence-corrected chi connectivity index (χ3v) is 4.15. The first kappa shape index (κ1) is 19.2. The van der Waals surface area contributed by atoms with Gasteiger partial charge in [0.15, 0.2) is 0 Å². The van der Waals surface area contributed by atoms with Gasteiger partial charge in [-0.2, -0.15) is 5.10 Å². The molecule has 1 aromatic heterocycles. The number of aromatic nitrogens is 2. The van der Waals surface area contributed by atoms with Crippen LogP contribution in [0.3, 0.4) is 0 Å². The van der Waals surface area contributed by atoms with Crippen LogP contribution in [0.15, 0.2) is 18.5 Å². The van der Waals surface area contributed by atoms with Crippen LogP contribution in [-0.2, 0) is 16.1 Å². The average molecular weight is 351 g/mol. The smallest absolute Gasteiger partial charge is 0.242 e. The van der Waals surface area contributed by atoms with Gasteiger partial charge in [0.25, 0.3) is 0 Å². The van der Waals surface area contributed by atoms with E-state index in [4.69, 9.17) is 4.74 Å². The SMILES string of the molecule is Cl.Cl.O=C(C1COCCN1)N1CCC(Cn2cccn2)CC1. The van der Waals surface area contributed by atoms with E-state index in [1.54, 1.807) is 0 Å². The monoisotopic (exact) mass is 350 g/mol. The third-order valence-electron chi connectivity index (χ3n) is 4.15. The Bertz CT molecular complexity index is 430. The van der Waals surface area contributed by atoms with E-state index in [0.717, 1.165) is 39.0 Å². The van der Waals surface area contributed by atoms with E-state index in [1.807, 2.05) is 28.0 Å². The maximum absolute atomic E-state index is 12.3. The summed E-state index contributed by atoms with van der Waals surface area (Å²) in [7, 11) is 0. The molecule has 0 spiro atoms. The Morgan fingerprint density at radius 1 is 1.32 bits per heavy atom. The van der Waals surface area contributed by atoms with Gasteiger partial charge < -0.3 is 15.0 Å². The Hall–Kier alpha value is -0.820. The number of morpholine rings is 1. The van der Waals surface area contributed by atoms with E-state index < -0.39 is 0 Å². The van der Waals surface area contributed by atoms with Crippen LogP contribution in [0, 0.1) is 5.92 Å². The Morgan fingerprint density at radius 3 is 2.68 bits per heavy atom. The van der Waals surface area contributed by atoms with Crippen LogP contribution < -0.4 is 5.32 Å². The van der Waals surface area contributed by atoms with Gasteiger partial charge in [0.2, 0.25) is 5.91 Å². The van der Waals surface area contributed by atoms with Crippen LogP contribution in [-0.4, -0.2) is 59.5 Å². The molecule has 0 saturated carbocycles. The molecule has 8 heteroatoms. The fourth-order valence-corrected chi connectivity index (χ4v) is 2.95. The van der Waals surface area contributed by atoms with Crippen LogP contribution in [0.1, 0.15) is 12.8 Å². The highest BCUT2D eigenvalue weighted by molar-refractivity contribution is 5.85. The molecule has 2 saturated heterocycles. The normalized spacial score (nSPS) is 22.5. The van der Waals surface area contributed by atoms with Gasteiger partial charge in [0.1, 0.15) is 6.04 Å². The molecule has 3 heterocycles. The molecule has 1 atom stereocenters. The molecule has 2 aliphatic rings. The van der Waals surface area contributed by atoms with E-state index in [2.05, 4.69) is 10.4 Å². The molecule has 1 aromatic rings. The number of rotatable bonds is 3. The van der Waals surface area contributed by atoms with Gasteiger partial charge in [-0.3, -0.25) is 9.48 Å². The molecule has 0 aromatic carbocycles. The second-order valence-electron chi connectivity index (χ2n) is 5.58. The summed E-state index contributed by atoms with van der Waals surface area (Å²) in [6.45, 7) is 4.64. The zero-order chi connectivity index (χ0) is 13.8. The number of amides is 1. The first-order chi connectivity index (χ1) is 9.83. The van der Waals surface area contributed by atoms with Crippen molar-refractivity contribution < 1.29 is 9.53 Å². The maximum atomic E-state index is 12.3. The molecular formula is C14H24Cl2N4O2. The molecule has 0 aliphatic carbocycles. The van der Waals surface area contributed by atoms with E-state index in [1.165, 1.54) is 0 Å². The van der Waals surface area contributed by atoms with Crippen LogP contribution >= 0.6 is 24.8 Å². The standard InChI is InChI=1S/C14H22N4O2.2ClH/c19-14(13-11-20-9-5-15-13)17-7-2-12(3-8-17)10-18-6-1-4-16-18;;/h1,4,6,12-13,15H,2-3,5,7-11H2;2*1H. The molecular weight excluding hydrogens is 327 g/mol. The molecule has 2 aliphatic heterocycles. The molecule has 0 bridgehead atoms. The fourth-order valence-electron chi connectivity index (χ4n) is 2.95. The number of likely N-dealkylation sites (tertiary alicyclic amines) is 1. The minimum absolute atomic E-state index is 0. The molecule has 6 nitrogen and oxygen atoms in total. The van der Waals surface area contributed by atoms with Gasteiger partial charge in [-0.1, -0.05) is 0 Å². The van der Waals surface area contributed by atoms with Crippen LogP contribution in [0.5, 0.6) is 0 Å². The molecule has 1 amide bonds. The van der Waals surface area contributed by atoms with Crippen molar-refractivity contribution >= 4 is 30.7 Å². The minimum Gasteiger partial charge on any atom is -0.378 e. The number of hydrogen-bond acceptors (Lipinski definition) is 4. The second-order valence-corrected chi connectivity index (χ2v) is 5.58. The Balaban J connectivity index is 0.00000121. The molecule has 22 heavy (non-hydrogen) atoms. The van der Waals surface area contributed by atoms with Gasteiger partial charge in [-0.15, -0.1) is 24.8 Å². The highest BCUT2D eigenvalue weighted by Gasteiger charge is 2.29. The van der Waals surface area contributed by atoms with Crippen molar-refractivity contribution in [3.63, 3.8) is 0 Å². The lowest BCUT2D eigenvalue weighted by molar-refractivity contribution is -0.137. The maximum Gasteiger partial charge on any atom is 0.242 e. The average Bonchev–Trinajstić information content (AvgIpc) is 3.01. The summed E-state index contributed by atoms with van der Waals surface area (Å²) in [6.07, 6.45) is 5.92. The summed E-state index contributed by atoms with van der Waals surface area (Å²) < 4.78 is 7.35. The number of halogens is 2. The Labute approximate surface area is 143 Å². The van der Waals surface area contributed by atoms with Crippen molar-refractivity contribution in [1.29, 1.82) is 0 Å². The van der Waals surface area contributed by atoms with Gasteiger partial charge in [0.05, 0.1) is 13.2 Å². The van der Waals surface area contributed by atoms with Crippen molar-refractivity contribution in [3.8, 4) is 0 Å². The summed E-state index contributed by atoms with van der Waals surface area (Å²) in [5, 5.41) is 7.48. The lowest BCUT2D eigenvalue weighted by atomic mass is 9.96. The quantitative estimate of drug-likeness (QED) is 0.881. The zero-order valence-corrected chi connectivity index (χ0v) is 14.2. The van der Waals surface area contributed by atoms with Gasteiger partial charge >= 0.3 is 0 Å². The fraction of sp³-hybridized carbons (Fsp3) is 0.714. The Kier molecular flexibility index (Phi) is 8.17. The topological polar surface area (TPSA) is 59.4 Å². The van der Waals surface area contributed by atoms with Crippen molar-refractivity contribution in [2.24, 2.45) is 5.92 Å². The molecule has 126 valence electrons. The predicted molar refractivity (Wildman–Crippen MR) is 88.6 cm³/mol. The van der Waals surface area contributed by atoms with Crippen molar-refractivity contribution in [1.82, 2.24) is 20.0 Å². The molecule has 0 radical (unpaired) electrons. The van der Waals surface area contributed by atoms with E-state index in [0.29, 0.717) is 19.1 Å². The van der Waals surface area contributed by atoms with Gasteiger partial charge in [-0.05, 0) is 24.8 Å². The summed E-state index contributed by atoms with van der Waals surface area (Å²) in [6, 6.07) is 1.80. The molecule has 3 rings (SSSR count). The van der Waals surface area contributed by atoms with E-state index >= 15 is 0 Å². The highest BCUT2D eigenvalue weighted by Crippen LogP contribution is 2.19. The number of carbonyl (C=O) groups excluding carboxylic acids is 1. The Morgan fingerprint density at radius 2 is 2.09 bits per heavy atom. The van der Waals surface area contributed by atoms with Crippen LogP contribution in [0.4, 0.5) is 0 Å². The number of carbonyl (C=O) groups is 1. The first-order valence-electron chi connectivity index (χ1n) is 7.40. The molecule has 2 fully saturated rings. The van der Waals surface area contributed by atoms with Crippen molar-refractivity contribution in [2.75, 3.05) is 32.8 Å². The van der Waals surface area contributed by atoms with Gasteiger partial charge in [0, 0.05) is 38.6 Å². The first-order valence-corrected chi connectivity index (χ1v) is 7.40. The molecule has 1 unspecified atom stereocenters. The number of hydrogen-bond donors (Lipinski definition) is 1. The number of nitrogens with one attached hydrogen (secondary N) is 1. The summed E-state index contributed by atoms with van der Waals surface area (Å²) >= 11 is 0.